The molecule has 1 heterocycles. The molecule has 0 aromatic carbocycles. The van der Waals surface area contributed by atoms with Crippen LogP contribution in [0.1, 0.15) is 19.5 Å². The summed E-state index contributed by atoms with van der Waals surface area (Å²) in [5.74, 6) is 0.517. The van der Waals surface area contributed by atoms with Gasteiger partial charge in [0.05, 0.1) is 5.75 Å². The molecule has 0 saturated heterocycles. The van der Waals surface area contributed by atoms with Crippen molar-refractivity contribution in [2.45, 2.75) is 31.2 Å². The summed E-state index contributed by atoms with van der Waals surface area (Å²) in [5, 5.41) is 4.83. The number of hydrogen-bond donors (Lipinski definition) is 1. The van der Waals surface area contributed by atoms with E-state index in [1.807, 2.05) is 26.2 Å². The third-order valence-corrected chi connectivity index (χ3v) is 3.51. The largest absolute Gasteiger partial charge is 0.353 e. The van der Waals surface area contributed by atoms with Gasteiger partial charge in [0.2, 0.25) is 5.91 Å². The molecule has 1 amide bonds. The van der Waals surface area contributed by atoms with E-state index < -0.39 is 0 Å². The van der Waals surface area contributed by atoms with Gasteiger partial charge in [-0.15, -0.1) is 11.3 Å². The number of aryl methyl sites for hydroxylation is 1. The van der Waals surface area contributed by atoms with Gasteiger partial charge in [0.25, 0.3) is 0 Å². The van der Waals surface area contributed by atoms with E-state index in [0.717, 1.165) is 10.0 Å². The van der Waals surface area contributed by atoms with Crippen LogP contribution in [-0.4, -0.2) is 22.7 Å². The van der Waals surface area contributed by atoms with E-state index in [0.29, 0.717) is 5.75 Å². The van der Waals surface area contributed by atoms with Crippen molar-refractivity contribution in [1.82, 2.24) is 10.3 Å². The van der Waals surface area contributed by atoms with Crippen molar-refractivity contribution in [3.05, 3.63) is 11.1 Å². The minimum Gasteiger partial charge on any atom is -0.353 e. The van der Waals surface area contributed by atoms with E-state index >= 15 is 0 Å². The number of thiazole rings is 1. The van der Waals surface area contributed by atoms with Crippen LogP contribution in [0.25, 0.3) is 0 Å². The van der Waals surface area contributed by atoms with E-state index in [-0.39, 0.29) is 11.9 Å². The van der Waals surface area contributed by atoms with E-state index in [1.54, 1.807) is 11.3 Å². The van der Waals surface area contributed by atoms with Crippen molar-refractivity contribution < 1.29 is 4.79 Å². The first-order valence-corrected chi connectivity index (χ1v) is 6.28. The number of amides is 1. The Morgan fingerprint density at radius 3 is 2.93 bits per heavy atom. The fourth-order valence-corrected chi connectivity index (χ4v) is 2.55. The maximum absolute atomic E-state index is 11.3. The van der Waals surface area contributed by atoms with Gasteiger partial charge in [-0.25, -0.2) is 4.98 Å². The van der Waals surface area contributed by atoms with Crippen molar-refractivity contribution in [1.29, 1.82) is 0 Å². The molecule has 1 aromatic heterocycles. The SMILES string of the molecule is Cc1csc(SCC(=O)NC(C)C)n1. The smallest absolute Gasteiger partial charge is 0.230 e. The monoisotopic (exact) mass is 230 g/mol. The normalized spacial score (nSPS) is 10.6. The number of aromatic nitrogens is 1. The van der Waals surface area contributed by atoms with E-state index in [4.69, 9.17) is 0 Å². The van der Waals surface area contributed by atoms with E-state index in [2.05, 4.69) is 10.3 Å². The summed E-state index contributed by atoms with van der Waals surface area (Å²) in [4.78, 5) is 15.5. The highest BCUT2D eigenvalue weighted by Crippen LogP contribution is 2.21. The fourth-order valence-electron chi connectivity index (χ4n) is 0.890. The molecule has 1 rings (SSSR count). The third-order valence-electron chi connectivity index (χ3n) is 1.37. The summed E-state index contributed by atoms with van der Waals surface area (Å²) in [6.07, 6.45) is 0. The molecule has 0 aliphatic heterocycles. The predicted molar refractivity (Wildman–Crippen MR) is 60.9 cm³/mol. The minimum absolute atomic E-state index is 0.0675. The standard InChI is InChI=1S/C9H14N2OS2/c1-6(2)10-8(12)5-14-9-11-7(3)4-13-9/h4,6H,5H2,1-3H3,(H,10,12). The van der Waals surface area contributed by atoms with Gasteiger partial charge in [0.15, 0.2) is 4.34 Å². The lowest BCUT2D eigenvalue weighted by atomic mass is 10.4. The van der Waals surface area contributed by atoms with Crippen LogP contribution in [0.5, 0.6) is 0 Å². The van der Waals surface area contributed by atoms with Crippen LogP contribution in [0.3, 0.4) is 0 Å². The number of nitrogens with zero attached hydrogens (tertiary/aromatic N) is 1. The zero-order valence-corrected chi connectivity index (χ0v) is 10.2. The average molecular weight is 230 g/mol. The molecule has 5 heteroatoms. The predicted octanol–water partition coefficient (Wildman–Crippen LogP) is 2.07. The van der Waals surface area contributed by atoms with Crippen LogP contribution in [0, 0.1) is 6.92 Å². The molecule has 0 spiro atoms. The molecule has 0 saturated carbocycles. The Balaban J connectivity index is 2.30. The molecule has 0 aliphatic rings. The maximum atomic E-state index is 11.3. The molecular formula is C9H14N2OS2. The molecule has 0 atom stereocenters. The Hall–Kier alpha value is -0.550. The second-order valence-corrected chi connectivity index (χ2v) is 5.35. The number of carbonyl (C=O) groups excluding carboxylic acids is 1. The molecule has 0 aliphatic carbocycles. The van der Waals surface area contributed by atoms with E-state index in [1.165, 1.54) is 11.8 Å². The van der Waals surface area contributed by atoms with Gasteiger partial charge >= 0.3 is 0 Å². The third kappa shape index (κ3) is 4.11. The summed E-state index contributed by atoms with van der Waals surface area (Å²) in [6.45, 7) is 5.86. The van der Waals surface area contributed by atoms with Crippen LogP contribution in [0.4, 0.5) is 0 Å². The molecule has 3 nitrogen and oxygen atoms in total. The maximum Gasteiger partial charge on any atom is 0.230 e. The first-order valence-electron chi connectivity index (χ1n) is 4.42. The Labute approximate surface area is 92.3 Å². The van der Waals surface area contributed by atoms with Gasteiger partial charge in [0.1, 0.15) is 0 Å². The van der Waals surface area contributed by atoms with Crippen LogP contribution in [-0.2, 0) is 4.79 Å². The molecule has 0 bridgehead atoms. The lowest BCUT2D eigenvalue weighted by Crippen LogP contribution is -2.31. The Morgan fingerprint density at radius 2 is 2.43 bits per heavy atom. The summed E-state index contributed by atoms with van der Waals surface area (Å²) in [5.41, 5.74) is 1.02. The van der Waals surface area contributed by atoms with Gasteiger partial charge in [0, 0.05) is 17.1 Å². The molecule has 0 unspecified atom stereocenters. The van der Waals surface area contributed by atoms with Gasteiger partial charge < -0.3 is 5.32 Å². The molecule has 78 valence electrons. The molecule has 1 aromatic rings. The number of carbonyl (C=O) groups is 1. The van der Waals surface area contributed by atoms with Crippen LogP contribution < -0.4 is 5.32 Å². The number of nitrogens with one attached hydrogen (secondary N) is 1. The summed E-state index contributed by atoms with van der Waals surface area (Å²) < 4.78 is 0.960. The second-order valence-electron chi connectivity index (χ2n) is 3.27. The zero-order chi connectivity index (χ0) is 10.6. The van der Waals surface area contributed by atoms with Crippen molar-refractivity contribution >= 4 is 29.0 Å². The average Bonchev–Trinajstić information content (AvgIpc) is 2.47. The van der Waals surface area contributed by atoms with Gasteiger partial charge in [-0.1, -0.05) is 11.8 Å². The molecule has 0 fully saturated rings. The Bertz CT molecular complexity index is 310. The summed E-state index contributed by atoms with van der Waals surface area (Å²) in [7, 11) is 0. The topological polar surface area (TPSA) is 42.0 Å². The number of thioether (sulfide) groups is 1. The summed E-state index contributed by atoms with van der Waals surface area (Å²) >= 11 is 3.07. The van der Waals surface area contributed by atoms with Crippen molar-refractivity contribution in [2.24, 2.45) is 0 Å². The number of hydrogen-bond acceptors (Lipinski definition) is 4. The summed E-state index contributed by atoms with van der Waals surface area (Å²) in [6, 6.07) is 0.209. The fraction of sp³-hybridized carbons (Fsp3) is 0.556. The van der Waals surface area contributed by atoms with E-state index in [9.17, 15) is 4.79 Å². The molecule has 0 radical (unpaired) electrons. The Kier molecular flexibility index (Phi) is 4.41. The molecule has 1 N–H and O–H groups in total. The number of rotatable bonds is 4. The highest BCUT2D eigenvalue weighted by atomic mass is 32.2. The van der Waals surface area contributed by atoms with Crippen LogP contribution in [0.15, 0.2) is 9.72 Å². The first kappa shape index (κ1) is 11.5. The van der Waals surface area contributed by atoms with Crippen molar-refractivity contribution in [2.75, 3.05) is 5.75 Å². The van der Waals surface area contributed by atoms with Crippen LogP contribution in [0.2, 0.25) is 0 Å². The second kappa shape index (κ2) is 5.36. The van der Waals surface area contributed by atoms with Gasteiger partial charge in [-0.05, 0) is 20.8 Å². The first-order chi connectivity index (χ1) is 6.58. The van der Waals surface area contributed by atoms with Crippen molar-refractivity contribution in [3.8, 4) is 0 Å². The lowest BCUT2D eigenvalue weighted by Gasteiger charge is -2.06. The highest BCUT2D eigenvalue weighted by Gasteiger charge is 2.05. The van der Waals surface area contributed by atoms with Crippen LogP contribution >= 0.6 is 23.1 Å². The van der Waals surface area contributed by atoms with Crippen molar-refractivity contribution in [3.63, 3.8) is 0 Å². The highest BCUT2D eigenvalue weighted by molar-refractivity contribution is 8.01. The zero-order valence-electron chi connectivity index (χ0n) is 8.53. The lowest BCUT2D eigenvalue weighted by molar-refractivity contribution is -0.119. The Morgan fingerprint density at radius 1 is 1.71 bits per heavy atom. The molecular weight excluding hydrogens is 216 g/mol. The van der Waals surface area contributed by atoms with Gasteiger partial charge in [-0.3, -0.25) is 4.79 Å². The molecule has 14 heavy (non-hydrogen) atoms. The quantitative estimate of drug-likeness (QED) is 0.805. The van der Waals surface area contributed by atoms with Gasteiger partial charge in [-0.2, -0.15) is 0 Å². The minimum atomic E-state index is 0.0675.